The second-order valence-corrected chi connectivity index (χ2v) is 7.21. The molecule has 3 heterocycles. The van der Waals surface area contributed by atoms with Crippen LogP contribution >= 0.6 is 0 Å². The Kier molecular flexibility index (Phi) is 5.50. The second kappa shape index (κ2) is 7.61. The van der Waals surface area contributed by atoms with Crippen LogP contribution in [-0.2, 0) is 16.1 Å². The molecule has 1 aromatic heterocycles. The third-order valence-electron chi connectivity index (χ3n) is 5.20. The van der Waals surface area contributed by atoms with Gasteiger partial charge in [-0.15, -0.1) is 0 Å². The maximum Gasteiger partial charge on any atom is 0.223 e. The molecule has 0 saturated carbocycles. The molecule has 0 aliphatic carbocycles. The minimum Gasteiger partial charge on any atom is -0.385 e. The number of hydrogen-bond donors (Lipinski definition) is 0. The highest BCUT2D eigenvalue weighted by molar-refractivity contribution is 5.77. The van der Waals surface area contributed by atoms with E-state index >= 15 is 0 Å². The van der Waals surface area contributed by atoms with Gasteiger partial charge >= 0.3 is 0 Å². The van der Waals surface area contributed by atoms with Crippen molar-refractivity contribution in [1.82, 2.24) is 19.9 Å². The maximum atomic E-state index is 12.2. The Bertz CT molecular complexity index is 562. The summed E-state index contributed by atoms with van der Waals surface area (Å²) in [5.41, 5.74) is 0.220. The summed E-state index contributed by atoms with van der Waals surface area (Å²) in [6, 6.07) is 0. The summed E-state index contributed by atoms with van der Waals surface area (Å²) in [5, 5.41) is 4.01. The molecule has 2 saturated heterocycles. The van der Waals surface area contributed by atoms with Gasteiger partial charge in [-0.1, -0.05) is 5.16 Å². The zero-order chi connectivity index (χ0) is 17.0. The average molecular weight is 336 g/mol. The number of carbonyl (C=O) groups excluding carboxylic acids is 1. The summed E-state index contributed by atoms with van der Waals surface area (Å²) in [5.74, 6) is 1.67. The third-order valence-corrected chi connectivity index (χ3v) is 5.20. The summed E-state index contributed by atoms with van der Waals surface area (Å²) in [4.78, 5) is 21.0. The number of ether oxygens (including phenoxy) is 1. The molecule has 1 amide bonds. The van der Waals surface area contributed by atoms with Gasteiger partial charge in [0.1, 0.15) is 0 Å². The van der Waals surface area contributed by atoms with Crippen LogP contribution < -0.4 is 0 Å². The van der Waals surface area contributed by atoms with E-state index in [2.05, 4.69) is 15.0 Å². The molecule has 7 heteroatoms. The Morgan fingerprint density at radius 1 is 1.33 bits per heavy atom. The number of aryl methyl sites for hydroxylation is 1. The van der Waals surface area contributed by atoms with Crippen molar-refractivity contribution in [3.63, 3.8) is 0 Å². The van der Waals surface area contributed by atoms with E-state index in [0.717, 1.165) is 57.8 Å². The van der Waals surface area contributed by atoms with Gasteiger partial charge in [-0.3, -0.25) is 9.69 Å². The lowest BCUT2D eigenvalue weighted by atomic mass is 9.73. The number of piperidine rings is 2. The number of aromatic nitrogens is 2. The molecule has 0 bridgehead atoms. The largest absolute Gasteiger partial charge is 0.385 e. The van der Waals surface area contributed by atoms with Crippen molar-refractivity contribution in [2.45, 2.75) is 45.6 Å². The molecule has 0 unspecified atom stereocenters. The van der Waals surface area contributed by atoms with Crippen LogP contribution in [0.25, 0.3) is 0 Å². The van der Waals surface area contributed by atoms with Crippen LogP contribution in [0.3, 0.4) is 0 Å². The average Bonchev–Trinajstić information content (AvgIpc) is 2.96. The smallest absolute Gasteiger partial charge is 0.223 e. The Balaban J connectivity index is 1.60. The Hall–Kier alpha value is -1.47. The van der Waals surface area contributed by atoms with Gasteiger partial charge < -0.3 is 14.2 Å². The van der Waals surface area contributed by atoms with Crippen LogP contribution in [0.4, 0.5) is 0 Å². The zero-order valence-corrected chi connectivity index (χ0v) is 14.8. The molecule has 24 heavy (non-hydrogen) atoms. The van der Waals surface area contributed by atoms with Gasteiger partial charge in [-0.2, -0.15) is 4.98 Å². The van der Waals surface area contributed by atoms with Crippen molar-refractivity contribution in [3.05, 3.63) is 11.7 Å². The standard InChI is InChI=1S/C17H28N4O3/c1-14-18-15(19-24-14)11-20-8-3-6-17(12-20)7-5-16(22)21(13-17)9-4-10-23-2/h3-13H2,1-2H3/t17-/m1/s1. The van der Waals surface area contributed by atoms with Crippen molar-refractivity contribution in [2.75, 3.05) is 39.9 Å². The first-order chi connectivity index (χ1) is 11.6. The zero-order valence-electron chi connectivity index (χ0n) is 14.8. The molecule has 0 aromatic carbocycles. The Morgan fingerprint density at radius 2 is 2.21 bits per heavy atom. The molecule has 1 spiro atoms. The molecular weight excluding hydrogens is 308 g/mol. The van der Waals surface area contributed by atoms with E-state index in [9.17, 15) is 4.79 Å². The van der Waals surface area contributed by atoms with E-state index in [1.54, 1.807) is 7.11 Å². The van der Waals surface area contributed by atoms with Gasteiger partial charge in [-0.05, 0) is 32.2 Å². The summed E-state index contributed by atoms with van der Waals surface area (Å²) in [7, 11) is 1.71. The lowest BCUT2D eigenvalue weighted by molar-refractivity contribution is -0.139. The third kappa shape index (κ3) is 4.13. The molecule has 2 aliphatic heterocycles. The number of nitrogens with zero attached hydrogens (tertiary/aromatic N) is 4. The number of rotatable bonds is 6. The highest BCUT2D eigenvalue weighted by Gasteiger charge is 2.41. The minimum absolute atomic E-state index is 0.220. The fraction of sp³-hybridized carbons (Fsp3) is 0.824. The predicted molar refractivity (Wildman–Crippen MR) is 88.3 cm³/mol. The van der Waals surface area contributed by atoms with Crippen LogP contribution in [0.15, 0.2) is 4.52 Å². The van der Waals surface area contributed by atoms with Gasteiger partial charge in [0.2, 0.25) is 11.8 Å². The summed E-state index contributed by atoms with van der Waals surface area (Å²) >= 11 is 0. The van der Waals surface area contributed by atoms with Gasteiger partial charge in [0.05, 0.1) is 6.54 Å². The molecule has 134 valence electrons. The van der Waals surface area contributed by atoms with Gasteiger partial charge in [-0.25, -0.2) is 0 Å². The SMILES string of the molecule is COCCCN1C[C@]2(CCCN(Cc3noc(C)n3)C2)CCC1=O. The van der Waals surface area contributed by atoms with Gasteiger partial charge in [0.25, 0.3) is 0 Å². The quantitative estimate of drug-likeness (QED) is 0.735. The molecule has 3 rings (SSSR count). The molecule has 7 nitrogen and oxygen atoms in total. The van der Waals surface area contributed by atoms with E-state index in [4.69, 9.17) is 9.26 Å². The van der Waals surface area contributed by atoms with Crippen LogP contribution in [0.5, 0.6) is 0 Å². The second-order valence-electron chi connectivity index (χ2n) is 7.21. The van der Waals surface area contributed by atoms with Crippen molar-refractivity contribution in [1.29, 1.82) is 0 Å². The van der Waals surface area contributed by atoms with E-state index in [1.807, 2.05) is 11.8 Å². The number of carbonyl (C=O) groups is 1. The highest BCUT2D eigenvalue weighted by atomic mass is 16.5. The number of amides is 1. The normalized spacial score (nSPS) is 25.6. The van der Waals surface area contributed by atoms with Crippen molar-refractivity contribution in [3.8, 4) is 0 Å². The Labute approximate surface area is 143 Å². The highest BCUT2D eigenvalue weighted by Crippen LogP contribution is 2.39. The molecule has 0 N–H and O–H groups in total. The first kappa shape index (κ1) is 17.4. The maximum absolute atomic E-state index is 12.2. The van der Waals surface area contributed by atoms with Crippen LogP contribution in [0.2, 0.25) is 0 Å². The van der Waals surface area contributed by atoms with Gasteiger partial charge in [0, 0.05) is 52.1 Å². The first-order valence-electron chi connectivity index (χ1n) is 8.88. The van der Waals surface area contributed by atoms with E-state index < -0.39 is 0 Å². The lowest BCUT2D eigenvalue weighted by Gasteiger charge is -2.48. The topological polar surface area (TPSA) is 71.7 Å². The summed E-state index contributed by atoms with van der Waals surface area (Å²) in [6.45, 7) is 7.01. The molecule has 0 radical (unpaired) electrons. The molecule has 1 atom stereocenters. The van der Waals surface area contributed by atoms with Crippen LogP contribution in [0, 0.1) is 12.3 Å². The van der Waals surface area contributed by atoms with E-state index in [1.165, 1.54) is 6.42 Å². The van der Waals surface area contributed by atoms with Crippen LogP contribution in [0.1, 0.15) is 43.8 Å². The molecule has 2 aliphatic rings. The summed E-state index contributed by atoms with van der Waals surface area (Å²) in [6.07, 6.45) is 4.93. The molecule has 1 aromatic rings. The predicted octanol–water partition coefficient (Wildman–Crippen LogP) is 1.62. The van der Waals surface area contributed by atoms with Crippen molar-refractivity contribution in [2.24, 2.45) is 5.41 Å². The van der Waals surface area contributed by atoms with E-state index in [-0.39, 0.29) is 5.41 Å². The molecular formula is C17H28N4O3. The number of hydrogen-bond acceptors (Lipinski definition) is 6. The Morgan fingerprint density at radius 3 is 2.96 bits per heavy atom. The summed E-state index contributed by atoms with van der Waals surface area (Å²) < 4.78 is 10.2. The lowest BCUT2D eigenvalue weighted by Crippen LogP contribution is -2.54. The first-order valence-corrected chi connectivity index (χ1v) is 8.88. The number of methoxy groups -OCH3 is 1. The fourth-order valence-electron chi connectivity index (χ4n) is 4.09. The number of likely N-dealkylation sites (tertiary alicyclic amines) is 2. The fourth-order valence-corrected chi connectivity index (χ4v) is 4.09. The minimum atomic E-state index is 0.220. The van der Waals surface area contributed by atoms with Gasteiger partial charge in [0.15, 0.2) is 5.82 Å². The van der Waals surface area contributed by atoms with Crippen molar-refractivity contribution >= 4 is 5.91 Å². The monoisotopic (exact) mass is 336 g/mol. The van der Waals surface area contributed by atoms with Crippen LogP contribution in [-0.4, -0.2) is 65.7 Å². The van der Waals surface area contributed by atoms with Crippen molar-refractivity contribution < 1.29 is 14.1 Å². The molecule has 2 fully saturated rings. The van der Waals surface area contributed by atoms with E-state index in [0.29, 0.717) is 24.8 Å².